The zero-order valence-electron chi connectivity index (χ0n) is 18.8. The number of phenols is 1. The van der Waals surface area contributed by atoms with Crippen LogP contribution in [0.15, 0.2) is 54.6 Å². The second-order valence-corrected chi connectivity index (χ2v) is 8.20. The van der Waals surface area contributed by atoms with Crippen molar-refractivity contribution in [2.45, 2.75) is 26.3 Å². The fraction of sp³-hybridized carbons (Fsp3) is 0.222. The first kappa shape index (κ1) is 24.0. The van der Waals surface area contributed by atoms with Crippen molar-refractivity contribution in [1.29, 1.82) is 0 Å². The summed E-state index contributed by atoms with van der Waals surface area (Å²) in [7, 11) is 1.46. The summed E-state index contributed by atoms with van der Waals surface area (Å²) < 4.78 is 10.7. The maximum absolute atomic E-state index is 13.4. The zero-order chi connectivity index (χ0) is 24.0. The number of nitrogens with one attached hydrogen (secondary N) is 1. The van der Waals surface area contributed by atoms with Gasteiger partial charge < -0.3 is 19.9 Å². The third kappa shape index (κ3) is 5.79. The summed E-state index contributed by atoms with van der Waals surface area (Å²) in [5.41, 5.74) is 3.60. The number of rotatable bonds is 9. The van der Waals surface area contributed by atoms with Crippen LogP contribution in [0.2, 0.25) is 5.02 Å². The highest BCUT2D eigenvalue weighted by Crippen LogP contribution is 2.35. The number of hydrogen-bond acceptors (Lipinski definition) is 5. The Morgan fingerprint density at radius 2 is 1.88 bits per heavy atom. The normalized spacial score (nSPS) is 10.5. The first-order valence-corrected chi connectivity index (χ1v) is 10.9. The van der Waals surface area contributed by atoms with E-state index in [0.717, 1.165) is 11.1 Å². The number of anilines is 1. The minimum absolute atomic E-state index is 0.106. The van der Waals surface area contributed by atoms with E-state index >= 15 is 0 Å². The second kappa shape index (κ2) is 10.8. The van der Waals surface area contributed by atoms with Gasteiger partial charge in [0.2, 0.25) is 0 Å². The topological polar surface area (TPSA) is 67.8 Å². The van der Waals surface area contributed by atoms with E-state index in [0.29, 0.717) is 35.0 Å². The molecule has 0 spiro atoms. The number of hydrogen-bond donors (Lipinski definition) is 2. The Bertz CT molecular complexity index is 1180. The summed E-state index contributed by atoms with van der Waals surface area (Å²) in [6.07, 6.45) is 5.30. The molecule has 3 aromatic carbocycles. The maximum atomic E-state index is 13.4. The van der Waals surface area contributed by atoms with Crippen LogP contribution in [0.4, 0.5) is 5.69 Å². The van der Waals surface area contributed by atoms with E-state index < -0.39 is 0 Å². The molecule has 0 amide bonds. The number of aromatic hydroxyl groups is 1. The molecule has 0 aromatic heterocycles. The summed E-state index contributed by atoms with van der Waals surface area (Å²) in [6.45, 7) is 4.67. The first-order chi connectivity index (χ1) is 15.8. The fourth-order valence-electron chi connectivity index (χ4n) is 3.34. The average molecular weight is 464 g/mol. The van der Waals surface area contributed by atoms with Gasteiger partial charge in [0.1, 0.15) is 12.4 Å². The van der Waals surface area contributed by atoms with Crippen LogP contribution < -0.4 is 14.8 Å². The van der Waals surface area contributed by atoms with Gasteiger partial charge in [-0.1, -0.05) is 55.6 Å². The molecule has 0 radical (unpaired) electrons. The molecule has 33 heavy (non-hydrogen) atoms. The zero-order valence-corrected chi connectivity index (χ0v) is 19.6. The number of benzene rings is 3. The minimum Gasteiger partial charge on any atom is -0.503 e. The van der Waals surface area contributed by atoms with Gasteiger partial charge in [-0.05, 0) is 47.4 Å². The van der Waals surface area contributed by atoms with Gasteiger partial charge in [-0.15, -0.1) is 6.42 Å². The molecule has 0 heterocycles. The Kier molecular flexibility index (Phi) is 7.87. The largest absolute Gasteiger partial charge is 0.503 e. The lowest BCUT2D eigenvalue weighted by Crippen LogP contribution is -2.09. The SMILES string of the molecule is C#CCOc1ccc(NCc2cc(Cl)c(O)c(OC)c2)c(C(=O)c2ccc(C(C)C)cc2)c1. The average Bonchev–Trinajstić information content (AvgIpc) is 2.83. The second-order valence-electron chi connectivity index (χ2n) is 7.79. The third-order valence-electron chi connectivity index (χ3n) is 5.19. The molecule has 170 valence electrons. The maximum Gasteiger partial charge on any atom is 0.195 e. The van der Waals surface area contributed by atoms with Crippen molar-refractivity contribution in [3.8, 4) is 29.6 Å². The molecule has 3 aromatic rings. The van der Waals surface area contributed by atoms with Crippen molar-refractivity contribution in [3.05, 3.63) is 81.9 Å². The van der Waals surface area contributed by atoms with Crippen molar-refractivity contribution in [2.75, 3.05) is 19.0 Å². The Labute approximate surface area is 199 Å². The quantitative estimate of drug-likeness (QED) is 0.299. The molecule has 0 saturated carbocycles. The van der Waals surface area contributed by atoms with Gasteiger partial charge in [0.15, 0.2) is 17.3 Å². The minimum atomic E-state index is -0.139. The van der Waals surface area contributed by atoms with E-state index in [2.05, 4.69) is 25.1 Å². The number of carbonyl (C=O) groups is 1. The summed E-state index contributed by atoms with van der Waals surface area (Å²) >= 11 is 6.10. The highest BCUT2D eigenvalue weighted by atomic mass is 35.5. The molecule has 0 unspecified atom stereocenters. The van der Waals surface area contributed by atoms with Crippen molar-refractivity contribution in [2.24, 2.45) is 0 Å². The first-order valence-electron chi connectivity index (χ1n) is 10.5. The third-order valence-corrected chi connectivity index (χ3v) is 5.48. The van der Waals surface area contributed by atoms with Crippen LogP contribution in [0.1, 0.15) is 46.8 Å². The van der Waals surface area contributed by atoms with Crippen LogP contribution in [-0.2, 0) is 6.54 Å². The monoisotopic (exact) mass is 463 g/mol. The van der Waals surface area contributed by atoms with Gasteiger partial charge in [-0.25, -0.2) is 0 Å². The molecule has 0 atom stereocenters. The number of carbonyl (C=O) groups excluding carboxylic acids is 1. The van der Waals surface area contributed by atoms with E-state index in [4.69, 9.17) is 27.5 Å². The number of phenolic OH excluding ortho intramolecular Hbond substituents is 1. The van der Waals surface area contributed by atoms with E-state index in [1.54, 1.807) is 30.3 Å². The Morgan fingerprint density at radius 1 is 1.15 bits per heavy atom. The molecule has 5 nitrogen and oxygen atoms in total. The molecular weight excluding hydrogens is 438 g/mol. The van der Waals surface area contributed by atoms with E-state index in [1.165, 1.54) is 7.11 Å². The number of terminal acetylenes is 1. The van der Waals surface area contributed by atoms with Crippen molar-refractivity contribution < 1.29 is 19.4 Å². The predicted octanol–water partition coefficient (Wildman–Crippen LogP) is 6.03. The Balaban J connectivity index is 1.92. The molecule has 0 aliphatic carbocycles. The Hall–Kier alpha value is -3.62. The van der Waals surface area contributed by atoms with Crippen LogP contribution in [-0.4, -0.2) is 24.6 Å². The fourth-order valence-corrected chi connectivity index (χ4v) is 3.57. The molecule has 0 aliphatic rings. The molecule has 0 fully saturated rings. The highest BCUT2D eigenvalue weighted by molar-refractivity contribution is 6.32. The van der Waals surface area contributed by atoms with Crippen LogP contribution in [0, 0.1) is 12.3 Å². The lowest BCUT2D eigenvalue weighted by molar-refractivity contribution is 0.103. The summed E-state index contributed by atoms with van der Waals surface area (Å²) in [6, 6.07) is 16.1. The van der Waals surface area contributed by atoms with Gasteiger partial charge in [-0.2, -0.15) is 0 Å². The van der Waals surface area contributed by atoms with Crippen molar-refractivity contribution >= 4 is 23.1 Å². The molecular formula is C27H26ClNO4. The van der Waals surface area contributed by atoms with Gasteiger partial charge in [0.25, 0.3) is 0 Å². The summed E-state index contributed by atoms with van der Waals surface area (Å²) in [4.78, 5) is 13.4. The lowest BCUT2D eigenvalue weighted by atomic mass is 9.97. The smallest absolute Gasteiger partial charge is 0.195 e. The number of ether oxygens (including phenoxy) is 2. The van der Waals surface area contributed by atoms with Crippen LogP contribution >= 0.6 is 11.6 Å². The van der Waals surface area contributed by atoms with E-state index in [9.17, 15) is 9.90 Å². The van der Waals surface area contributed by atoms with Crippen molar-refractivity contribution in [1.82, 2.24) is 0 Å². The van der Waals surface area contributed by atoms with E-state index in [1.807, 2.05) is 24.3 Å². The molecule has 0 aliphatic heterocycles. The Morgan fingerprint density at radius 3 is 2.52 bits per heavy atom. The van der Waals surface area contributed by atoms with Crippen LogP contribution in [0.5, 0.6) is 17.2 Å². The van der Waals surface area contributed by atoms with E-state index in [-0.39, 0.29) is 28.9 Å². The number of ketones is 1. The van der Waals surface area contributed by atoms with Gasteiger partial charge in [0, 0.05) is 23.4 Å². The number of methoxy groups -OCH3 is 1. The van der Waals surface area contributed by atoms with Gasteiger partial charge >= 0.3 is 0 Å². The molecule has 3 rings (SSSR count). The molecule has 0 saturated heterocycles. The van der Waals surface area contributed by atoms with Crippen LogP contribution in [0.3, 0.4) is 0 Å². The molecule has 6 heteroatoms. The molecule has 0 bridgehead atoms. The summed E-state index contributed by atoms with van der Waals surface area (Å²) in [5.74, 6) is 3.34. The van der Waals surface area contributed by atoms with Gasteiger partial charge in [-0.3, -0.25) is 4.79 Å². The van der Waals surface area contributed by atoms with Crippen molar-refractivity contribution in [3.63, 3.8) is 0 Å². The highest BCUT2D eigenvalue weighted by Gasteiger charge is 2.16. The van der Waals surface area contributed by atoms with Gasteiger partial charge in [0.05, 0.1) is 12.1 Å². The lowest BCUT2D eigenvalue weighted by Gasteiger charge is -2.15. The standard InChI is InChI=1S/C27H26ClNO4/c1-5-12-33-21-10-11-24(29-16-18-13-23(28)27(31)25(14-18)32-4)22(15-21)26(30)20-8-6-19(7-9-20)17(2)3/h1,6-11,13-15,17,29,31H,12,16H2,2-4H3. The predicted molar refractivity (Wildman–Crippen MR) is 132 cm³/mol. The number of halogens is 1. The van der Waals surface area contributed by atoms with Crippen LogP contribution in [0.25, 0.3) is 0 Å². The summed E-state index contributed by atoms with van der Waals surface area (Å²) in [5, 5.41) is 13.4. The molecule has 2 N–H and O–H groups in total.